The third-order valence-electron chi connectivity index (χ3n) is 5.42. The van der Waals surface area contributed by atoms with Crippen molar-refractivity contribution in [3.05, 3.63) is 65.2 Å². The topological polar surface area (TPSA) is 111 Å². The molecule has 162 valence electrons. The largest absolute Gasteiger partial charge is 0.324 e. The van der Waals surface area contributed by atoms with Gasteiger partial charge in [0.05, 0.1) is 24.1 Å². The molecule has 1 N–H and O–H groups in total. The molecule has 0 radical (unpaired) electrons. The Labute approximate surface area is 189 Å². The highest BCUT2D eigenvalue weighted by atomic mass is 32.2. The maximum Gasteiger partial charge on any atom is 0.255 e. The number of benzene rings is 2. The van der Waals surface area contributed by atoms with Crippen molar-refractivity contribution in [3.63, 3.8) is 0 Å². The molecular weight excluding hydrogens is 428 g/mol. The predicted octanol–water partition coefficient (Wildman–Crippen LogP) is 2.36. The average Bonchev–Trinajstić information content (AvgIpc) is 3.42. The van der Waals surface area contributed by atoms with Gasteiger partial charge in [0.25, 0.3) is 5.91 Å². The Morgan fingerprint density at radius 1 is 1.03 bits per heavy atom. The van der Waals surface area contributed by atoms with Crippen molar-refractivity contribution in [2.24, 2.45) is 0 Å². The van der Waals surface area contributed by atoms with E-state index in [9.17, 15) is 19.2 Å². The van der Waals surface area contributed by atoms with Gasteiger partial charge in [-0.15, -0.1) is 11.8 Å². The van der Waals surface area contributed by atoms with Crippen molar-refractivity contribution in [1.29, 1.82) is 5.26 Å². The van der Waals surface area contributed by atoms with Crippen LogP contribution in [-0.4, -0.2) is 51.1 Å². The SMILES string of the molecule is N#Cc1ccc(NC(=O)C2CSCN2C(=O)c2ccc(CN3C(=O)CCC3=O)cc2)cc1. The average molecular weight is 449 g/mol. The van der Waals surface area contributed by atoms with E-state index in [4.69, 9.17) is 5.26 Å². The number of imide groups is 1. The molecule has 2 aromatic carbocycles. The van der Waals surface area contributed by atoms with Crippen LogP contribution in [0, 0.1) is 11.3 Å². The minimum absolute atomic E-state index is 0.180. The smallest absolute Gasteiger partial charge is 0.255 e. The number of hydrogen-bond acceptors (Lipinski definition) is 6. The van der Waals surface area contributed by atoms with Crippen LogP contribution in [0.4, 0.5) is 5.69 Å². The van der Waals surface area contributed by atoms with Gasteiger partial charge in [0.15, 0.2) is 0 Å². The molecule has 0 bridgehead atoms. The predicted molar refractivity (Wildman–Crippen MR) is 118 cm³/mol. The highest BCUT2D eigenvalue weighted by Crippen LogP contribution is 2.25. The zero-order valence-corrected chi connectivity index (χ0v) is 17.9. The zero-order chi connectivity index (χ0) is 22.7. The van der Waals surface area contributed by atoms with Crippen molar-refractivity contribution in [1.82, 2.24) is 9.80 Å². The second-order valence-corrected chi connectivity index (χ2v) is 8.54. The number of amides is 4. The minimum atomic E-state index is -0.609. The molecule has 2 aliphatic heterocycles. The highest BCUT2D eigenvalue weighted by Gasteiger charge is 2.35. The summed E-state index contributed by atoms with van der Waals surface area (Å²) in [5.74, 6) is -0.000163. The van der Waals surface area contributed by atoms with Crippen molar-refractivity contribution in [2.45, 2.75) is 25.4 Å². The molecule has 4 amide bonds. The van der Waals surface area contributed by atoms with E-state index in [2.05, 4.69) is 5.32 Å². The molecule has 0 spiro atoms. The van der Waals surface area contributed by atoms with Gasteiger partial charge >= 0.3 is 0 Å². The van der Waals surface area contributed by atoms with E-state index in [1.54, 1.807) is 48.5 Å². The summed E-state index contributed by atoms with van der Waals surface area (Å²) in [6.07, 6.45) is 0.488. The van der Waals surface area contributed by atoms with Crippen LogP contribution >= 0.6 is 11.8 Å². The maximum atomic E-state index is 13.0. The van der Waals surface area contributed by atoms with E-state index in [1.807, 2.05) is 6.07 Å². The van der Waals surface area contributed by atoms with Crippen LogP contribution in [0.15, 0.2) is 48.5 Å². The Hall–Kier alpha value is -3.64. The summed E-state index contributed by atoms with van der Waals surface area (Å²) in [6, 6.07) is 14.7. The van der Waals surface area contributed by atoms with Crippen LogP contribution in [0.1, 0.15) is 34.3 Å². The van der Waals surface area contributed by atoms with Crippen molar-refractivity contribution < 1.29 is 19.2 Å². The number of hydrogen-bond donors (Lipinski definition) is 1. The number of carbonyl (C=O) groups excluding carboxylic acids is 4. The monoisotopic (exact) mass is 448 g/mol. The first-order valence-electron chi connectivity index (χ1n) is 10.1. The number of nitrogens with one attached hydrogen (secondary N) is 1. The van der Waals surface area contributed by atoms with E-state index in [0.29, 0.717) is 28.4 Å². The molecule has 4 rings (SSSR count). The van der Waals surface area contributed by atoms with Gasteiger partial charge in [-0.2, -0.15) is 5.26 Å². The van der Waals surface area contributed by atoms with Crippen LogP contribution in [-0.2, 0) is 20.9 Å². The summed E-state index contributed by atoms with van der Waals surface area (Å²) >= 11 is 1.50. The number of nitrogens with zero attached hydrogens (tertiary/aromatic N) is 3. The third-order valence-corrected chi connectivity index (χ3v) is 6.44. The second-order valence-electron chi connectivity index (χ2n) is 7.54. The Bertz CT molecular complexity index is 1090. The fraction of sp³-hybridized carbons (Fsp3) is 0.261. The van der Waals surface area contributed by atoms with Crippen molar-refractivity contribution in [2.75, 3.05) is 16.9 Å². The number of anilines is 1. The molecule has 0 saturated carbocycles. The van der Waals surface area contributed by atoms with E-state index in [-0.39, 0.29) is 43.0 Å². The summed E-state index contributed by atoms with van der Waals surface area (Å²) in [6.45, 7) is 0.196. The van der Waals surface area contributed by atoms with Gasteiger partial charge < -0.3 is 10.2 Å². The second kappa shape index (κ2) is 9.24. The van der Waals surface area contributed by atoms with E-state index in [0.717, 1.165) is 5.56 Å². The molecule has 1 atom stereocenters. The van der Waals surface area contributed by atoms with Crippen LogP contribution in [0.3, 0.4) is 0 Å². The standard InChI is InChI=1S/C23H20N4O4S/c24-11-15-3-7-18(8-4-15)25-22(30)19-13-32-14-27(19)23(31)17-5-1-16(2-6-17)12-26-20(28)9-10-21(26)29/h1-8,19H,9-10,12-14H2,(H,25,30). The number of carbonyl (C=O) groups is 4. The Kier molecular flexibility index (Phi) is 6.23. The third kappa shape index (κ3) is 4.50. The molecule has 2 saturated heterocycles. The van der Waals surface area contributed by atoms with Crippen LogP contribution in [0.25, 0.3) is 0 Å². The number of nitriles is 1. The summed E-state index contributed by atoms with van der Waals surface area (Å²) in [5.41, 5.74) is 2.26. The normalized spacial score (nSPS) is 18.0. The minimum Gasteiger partial charge on any atom is -0.324 e. The lowest BCUT2D eigenvalue weighted by atomic mass is 10.1. The van der Waals surface area contributed by atoms with Gasteiger partial charge in [-0.25, -0.2) is 0 Å². The zero-order valence-electron chi connectivity index (χ0n) is 17.1. The van der Waals surface area contributed by atoms with Gasteiger partial charge in [0.1, 0.15) is 6.04 Å². The summed E-state index contributed by atoms with van der Waals surface area (Å²) in [4.78, 5) is 52.2. The van der Waals surface area contributed by atoms with Crippen molar-refractivity contribution >= 4 is 41.1 Å². The first-order valence-corrected chi connectivity index (χ1v) is 11.2. The molecular formula is C23H20N4O4S. The van der Waals surface area contributed by atoms with Gasteiger partial charge in [0.2, 0.25) is 17.7 Å². The fourth-order valence-corrected chi connectivity index (χ4v) is 4.77. The number of thioether (sulfide) groups is 1. The Balaban J connectivity index is 1.41. The Morgan fingerprint density at radius 3 is 2.31 bits per heavy atom. The fourth-order valence-electron chi connectivity index (χ4n) is 3.61. The maximum absolute atomic E-state index is 13.0. The van der Waals surface area contributed by atoms with E-state index >= 15 is 0 Å². The van der Waals surface area contributed by atoms with Crippen molar-refractivity contribution in [3.8, 4) is 6.07 Å². The van der Waals surface area contributed by atoms with Gasteiger partial charge in [-0.1, -0.05) is 12.1 Å². The summed E-state index contributed by atoms with van der Waals surface area (Å²) in [5, 5.41) is 11.7. The molecule has 9 heteroatoms. The first-order chi connectivity index (χ1) is 15.5. The quantitative estimate of drug-likeness (QED) is 0.703. The molecule has 2 fully saturated rings. The molecule has 32 heavy (non-hydrogen) atoms. The molecule has 0 aromatic heterocycles. The molecule has 2 aliphatic rings. The summed E-state index contributed by atoms with van der Waals surface area (Å²) < 4.78 is 0. The van der Waals surface area contributed by atoms with Crippen LogP contribution < -0.4 is 5.32 Å². The lowest BCUT2D eigenvalue weighted by Gasteiger charge is -2.23. The molecule has 8 nitrogen and oxygen atoms in total. The lowest BCUT2D eigenvalue weighted by Crippen LogP contribution is -2.44. The van der Waals surface area contributed by atoms with Crippen LogP contribution in [0.2, 0.25) is 0 Å². The summed E-state index contributed by atoms with van der Waals surface area (Å²) in [7, 11) is 0. The van der Waals surface area contributed by atoms with Gasteiger partial charge in [0, 0.05) is 29.8 Å². The highest BCUT2D eigenvalue weighted by molar-refractivity contribution is 7.99. The number of rotatable bonds is 5. The lowest BCUT2D eigenvalue weighted by molar-refractivity contribution is -0.139. The molecule has 2 heterocycles. The van der Waals surface area contributed by atoms with E-state index < -0.39 is 6.04 Å². The molecule has 0 aliphatic carbocycles. The van der Waals surface area contributed by atoms with E-state index in [1.165, 1.54) is 21.6 Å². The van der Waals surface area contributed by atoms with Gasteiger partial charge in [-0.05, 0) is 42.0 Å². The number of likely N-dealkylation sites (tertiary alicyclic amines) is 1. The van der Waals surface area contributed by atoms with Crippen LogP contribution in [0.5, 0.6) is 0 Å². The van der Waals surface area contributed by atoms with Gasteiger partial charge in [-0.3, -0.25) is 24.1 Å². The molecule has 1 unspecified atom stereocenters. The Morgan fingerprint density at radius 2 is 1.69 bits per heavy atom. The first kappa shape index (κ1) is 21.6. The molecule has 2 aromatic rings.